The third-order valence-corrected chi connectivity index (χ3v) is 2.77. The van der Waals surface area contributed by atoms with E-state index in [1.165, 1.54) is 19.3 Å². The minimum Gasteiger partial charge on any atom is -0.262 e. The van der Waals surface area contributed by atoms with Crippen molar-refractivity contribution < 1.29 is 0 Å². The Hall–Kier alpha value is -1.08. The van der Waals surface area contributed by atoms with Crippen molar-refractivity contribution in [3.63, 3.8) is 0 Å². The lowest BCUT2D eigenvalue weighted by Gasteiger charge is -2.05. The van der Waals surface area contributed by atoms with E-state index >= 15 is 0 Å². The molecule has 0 atom stereocenters. The monoisotopic (exact) mass is 365 g/mol. The number of allylic oxidation sites excluding steroid dienone is 1. The summed E-state index contributed by atoms with van der Waals surface area (Å²) in [5.74, 6) is 1.08. The summed E-state index contributed by atoms with van der Waals surface area (Å²) in [6, 6.07) is 5.74. The van der Waals surface area contributed by atoms with Crippen LogP contribution in [0.2, 0.25) is 5.02 Å². The molecule has 2 rings (SSSR count). The van der Waals surface area contributed by atoms with E-state index < -0.39 is 0 Å². The van der Waals surface area contributed by atoms with Crippen LogP contribution in [0, 0.1) is 18.3 Å². The van der Waals surface area contributed by atoms with Crippen molar-refractivity contribution in [2.75, 3.05) is 0 Å². The number of benzene rings is 1. The first-order chi connectivity index (χ1) is 11.4. The molecule has 1 aromatic rings. The van der Waals surface area contributed by atoms with Crippen LogP contribution in [-0.4, -0.2) is 6.21 Å². The third kappa shape index (κ3) is 25.3. The molecule has 2 heteroatoms. The van der Waals surface area contributed by atoms with Gasteiger partial charge in [-0.3, -0.25) is 4.99 Å². The zero-order chi connectivity index (χ0) is 20.0. The van der Waals surface area contributed by atoms with Crippen molar-refractivity contribution in [1.82, 2.24) is 0 Å². The van der Waals surface area contributed by atoms with Gasteiger partial charge in [-0.1, -0.05) is 92.0 Å². The first-order valence-corrected chi connectivity index (χ1v) is 9.74. The molecule has 1 aliphatic rings. The van der Waals surface area contributed by atoms with Crippen molar-refractivity contribution in [2.24, 2.45) is 16.3 Å². The van der Waals surface area contributed by atoms with Crippen LogP contribution < -0.4 is 0 Å². The Kier molecular flexibility index (Phi) is 14.8. The van der Waals surface area contributed by atoms with Crippen LogP contribution in [0.4, 0.5) is 0 Å². The van der Waals surface area contributed by atoms with Crippen LogP contribution >= 0.6 is 11.6 Å². The zero-order valence-electron chi connectivity index (χ0n) is 18.0. The maximum absolute atomic E-state index is 5.85. The second-order valence-corrected chi connectivity index (χ2v) is 8.82. The molecule has 0 unspecified atom stereocenters. The molecular weight excluding hydrogens is 326 g/mol. The quantitative estimate of drug-likeness (QED) is 0.466. The Bertz CT molecular complexity index is 499. The highest BCUT2D eigenvalue weighted by molar-refractivity contribution is 6.30. The van der Waals surface area contributed by atoms with Crippen LogP contribution in [0.3, 0.4) is 0 Å². The predicted octanol–water partition coefficient (Wildman–Crippen LogP) is 8.49. The van der Waals surface area contributed by atoms with Gasteiger partial charge < -0.3 is 0 Å². The van der Waals surface area contributed by atoms with Gasteiger partial charge in [-0.05, 0) is 48.4 Å². The van der Waals surface area contributed by atoms with Crippen molar-refractivity contribution in [2.45, 2.75) is 81.6 Å². The minimum atomic E-state index is 0.500. The van der Waals surface area contributed by atoms with E-state index in [1.54, 1.807) is 6.21 Å². The molecule has 0 aromatic heterocycles. The highest BCUT2D eigenvalue weighted by atomic mass is 35.5. The van der Waals surface area contributed by atoms with E-state index in [0.29, 0.717) is 5.41 Å². The predicted molar refractivity (Wildman–Crippen MR) is 118 cm³/mol. The number of rotatable bonds is 2. The lowest BCUT2D eigenvalue weighted by Crippen LogP contribution is -1.93. The van der Waals surface area contributed by atoms with Crippen molar-refractivity contribution in [3.8, 4) is 0 Å². The highest BCUT2D eigenvalue weighted by Gasteiger charge is 2.12. The van der Waals surface area contributed by atoms with E-state index in [2.05, 4.69) is 60.0 Å². The molecule has 1 aliphatic carbocycles. The highest BCUT2D eigenvalue weighted by Crippen LogP contribution is 2.26. The Morgan fingerprint density at radius 3 is 1.96 bits per heavy atom. The SMILES string of the molecule is C=C(C)N=Cc1cc(Cl)ccc1C.CC(C)(C)C.CC1CC1.CCC. The Morgan fingerprint density at radius 1 is 1.24 bits per heavy atom. The van der Waals surface area contributed by atoms with Gasteiger partial charge in [0.25, 0.3) is 0 Å². The topological polar surface area (TPSA) is 12.4 Å². The lowest BCUT2D eigenvalue weighted by atomic mass is 10.0. The second-order valence-electron chi connectivity index (χ2n) is 8.38. The Balaban J connectivity index is 0. The maximum Gasteiger partial charge on any atom is 0.0412 e. The van der Waals surface area contributed by atoms with Gasteiger partial charge in [0, 0.05) is 16.9 Å². The number of nitrogens with zero attached hydrogens (tertiary/aromatic N) is 1. The van der Waals surface area contributed by atoms with E-state index in [0.717, 1.165) is 27.8 Å². The standard InChI is InChI=1S/C11H12ClN.C5H12.C4H8.C3H8/c1-8(2)13-7-10-6-11(12)5-4-9(10)3;1-5(2,3)4;1-4-2-3-4;1-3-2/h4-7H,1H2,2-3H3;1-4H3;4H,2-3H2,1H3;3H2,1-2H3. The molecule has 0 heterocycles. The minimum absolute atomic E-state index is 0.500. The molecule has 1 aromatic carbocycles. The summed E-state index contributed by atoms with van der Waals surface area (Å²) in [5.41, 5.74) is 3.49. The van der Waals surface area contributed by atoms with Crippen LogP contribution in [0.1, 0.15) is 85.8 Å². The van der Waals surface area contributed by atoms with E-state index in [9.17, 15) is 0 Å². The molecule has 25 heavy (non-hydrogen) atoms. The molecule has 0 saturated heterocycles. The van der Waals surface area contributed by atoms with Crippen LogP contribution in [0.15, 0.2) is 35.5 Å². The van der Waals surface area contributed by atoms with E-state index in [4.69, 9.17) is 11.6 Å². The Morgan fingerprint density at radius 2 is 1.64 bits per heavy atom. The summed E-state index contributed by atoms with van der Waals surface area (Å²) < 4.78 is 0. The average Bonchev–Trinajstić information content (AvgIpc) is 3.22. The molecule has 0 radical (unpaired) electrons. The van der Waals surface area contributed by atoms with Gasteiger partial charge in [0.2, 0.25) is 0 Å². The first-order valence-electron chi connectivity index (χ1n) is 9.36. The first kappa shape index (κ1) is 26.2. The number of aliphatic imine (C=N–C) groups is 1. The summed E-state index contributed by atoms with van der Waals surface area (Å²) >= 11 is 5.85. The average molecular weight is 366 g/mol. The fourth-order valence-electron chi connectivity index (χ4n) is 1.10. The van der Waals surface area contributed by atoms with Gasteiger partial charge in [-0.15, -0.1) is 0 Å². The van der Waals surface area contributed by atoms with Crippen LogP contribution in [0.5, 0.6) is 0 Å². The molecule has 1 saturated carbocycles. The van der Waals surface area contributed by atoms with Gasteiger partial charge >= 0.3 is 0 Å². The summed E-state index contributed by atoms with van der Waals surface area (Å²) in [5, 5.41) is 0.730. The molecular formula is C23H40ClN. The van der Waals surface area contributed by atoms with Crippen molar-refractivity contribution in [3.05, 3.63) is 46.6 Å². The smallest absolute Gasteiger partial charge is 0.0412 e. The molecule has 1 fully saturated rings. The Labute approximate surface area is 162 Å². The zero-order valence-corrected chi connectivity index (χ0v) is 18.8. The molecule has 0 aliphatic heterocycles. The van der Waals surface area contributed by atoms with Gasteiger partial charge in [-0.2, -0.15) is 0 Å². The fraction of sp³-hybridized carbons (Fsp3) is 0.609. The summed E-state index contributed by atoms with van der Waals surface area (Å²) in [4.78, 5) is 4.12. The normalized spacial score (nSPS) is 12.9. The number of halogens is 1. The third-order valence-electron chi connectivity index (χ3n) is 2.53. The lowest BCUT2D eigenvalue weighted by molar-refractivity contribution is 0.469. The number of aryl methyl sites for hydroxylation is 1. The summed E-state index contributed by atoms with van der Waals surface area (Å²) in [6.07, 6.45) is 6.00. The van der Waals surface area contributed by atoms with E-state index in [1.807, 2.05) is 32.0 Å². The van der Waals surface area contributed by atoms with Crippen LogP contribution in [-0.2, 0) is 0 Å². The largest absolute Gasteiger partial charge is 0.262 e. The van der Waals surface area contributed by atoms with Crippen molar-refractivity contribution in [1.29, 1.82) is 0 Å². The van der Waals surface area contributed by atoms with Crippen molar-refractivity contribution >= 4 is 17.8 Å². The van der Waals surface area contributed by atoms with E-state index in [-0.39, 0.29) is 0 Å². The molecule has 0 spiro atoms. The fourth-order valence-corrected chi connectivity index (χ4v) is 1.28. The maximum atomic E-state index is 5.85. The molecule has 1 nitrogen and oxygen atoms in total. The molecule has 0 amide bonds. The van der Waals surface area contributed by atoms with Gasteiger partial charge in [0.1, 0.15) is 0 Å². The van der Waals surface area contributed by atoms with Crippen LogP contribution in [0.25, 0.3) is 0 Å². The number of hydrogen-bond donors (Lipinski definition) is 0. The summed E-state index contributed by atoms with van der Waals surface area (Å²) in [7, 11) is 0. The molecule has 0 bridgehead atoms. The number of hydrogen-bond acceptors (Lipinski definition) is 1. The van der Waals surface area contributed by atoms with Gasteiger partial charge in [-0.25, -0.2) is 0 Å². The van der Waals surface area contributed by atoms with Gasteiger partial charge in [0.05, 0.1) is 0 Å². The summed E-state index contributed by atoms with van der Waals surface area (Å²) in [6.45, 7) is 22.9. The van der Waals surface area contributed by atoms with Gasteiger partial charge in [0.15, 0.2) is 0 Å². The molecule has 144 valence electrons. The molecule has 0 N–H and O–H groups in total. The second kappa shape index (κ2) is 14.1.